The number of hydrogen-bond acceptors (Lipinski definition) is 8. The van der Waals surface area contributed by atoms with E-state index in [1.807, 2.05) is 4.90 Å². The van der Waals surface area contributed by atoms with Gasteiger partial charge in [0.1, 0.15) is 5.75 Å². The number of carbonyl (C=O) groups excluding carboxylic acids is 3. The number of hydrogen-bond donors (Lipinski definition) is 2. The first-order valence-electron chi connectivity index (χ1n) is 11.8. The molecule has 3 aliphatic rings. The number of fused-ring (bicyclic) bond motifs is 1. The van der Waals surface area contributed by atoms with Gasteiger partial charge in [-0.05, 0) is 40.6 Å². The number of carbonyl (C=O) groups is 3. The Kier molecular flexibility index (Phi) is 6.60. The second-order valence-electron chi connectivity index (χ2n) is 9.00. The maximum atomic E-state index is 13.0. The fraction of sp³-hybridized carbons (Fsp3) is 0.346. The van der Waals surface area contributed by atoms with E-state index in [4.69, 9.17) is 9.47 Å². The van der Waals surface area contributed by atoms with Gasteiger partial charge in [0.2, 0.25) is 5.54 Å². The summed E-state index contributed by atoms with van der Waals surface area (Å²) in [6.07, 6.45) is -0.626. The maximum Gasteiger partial charge on any atom is 0.323 e. The summed E-state index contributed by atoms with van der Waals surface area (Å²) in [6, 6.07) is 11.5. The van der Waals surface area contributed by atoms with Crippen molar-refractivity contribution in [2.24, 2.45) is 5.18 Å². The molecule has 2 atom stereocenters. The fourth-order valence-corrected chi connectivity index (χ4v) is 4.69. The minimum Gasteiger partial charge on any atom is -0.497 e. The van der Waals surface area contributed by atoms with Crippen molar-refractivity contribution in [1.29, 1.82) is 0 Å². The first-order chi connectivity index (χ1) is 17.9. The molecule has 190 valence electrons. The van der Waals surface area contributed by atoms with Gasteiger partial charge in [0.05, 0.1) is 26.9 Å². The molecule has 0 aliphatic carbocycles. The average Bonchev–Trinajstić information content (AvgIpc) is 3.38. The molecule has 1 unspecified atom stereocenters. The number of urea groups is 1. The number of ether oxygens (including phenoxy) is 2. The molecule has 5 rings (SSSR count). The van der Waals surface area contributed by atoms with E-state index in [-0.39, 0.29) is 19.0 Å². The van der Waals surface area contributed by atoms with Gasteiger partial charge >= 0.3 is 6.03 Å². The number of imide groups is 1. The molecule has 11 heteroatoms. The van der Waals surface area contributed by atoms with Crippen molar-refractivity contribution >= 4 is 17.8 Å². The van der Waals surface area contributed by atoms with E-state index < -0.39 is 23.6 Å². The summed E-state index contributed by atoms with van der Waals surface area (Å²) >= 11 is 0. The summed E-state index contributed by atoms with van der Waals surface area (Å²) in [4.78, 5) is 52.9. The normalized spacial score (nSPS) is 22.0. The predicted molar refractivity (Wildman–Crippen MR) is 131 cm³/mol. The molecule has 2 fully saturated rings. The number of rotatable bonds is 6. The lowest BCUT2D eigenvalue weighted by atomic mass is 9.98. The van der Waals surface area contributed by atoms with Crippen molar-refractivity contribution in [3.05, 3.63) is 69.6 Å². The largest absolute Gasteiger partial charge is 0.497 e. The van der Waals surface area contributed by atoms with Gasteiger partial charge in [0.25, 0.3) is 11.8 Å². The molecule has 4 amide bonds. The van der Waals surface area contributed by atoms with Crippen molar-refractivity contribution in [3.63, 3.8) is 0 Å². The highest BCUT2D eigenvalue weighted by Crippen LogP contribution is 2.29. The molecule has 0 aromatic heterocycles. The Morgan fingerprint density at radius 2 is 1.89 bits per heavy atom. The minimum atomic E-state index is -1.61. The van der Waals surface area contributed by atoms with Gasteiger partial charge in [-0.2, -0.15) is 0 Å². The molecule has 11 nitrogen and oxygen atoms in total. The highest BCUT2D eigenvalue weighted by atomic mass is 16.5. The molecule has 37 heavy (non-hydrogen) atoms. The van der Waals surface area contributed by atoms with Crippen LogP contribution in [0.1, 0.15) is 33.2 Å². The maximum absolute atomic E-state index is 13.0. The van der Waals surface area contributed by atoms with Crippen LogP contribution >= 0.6 is 0 Å². The lowest BCUT2D eigenvalue weighted by Crippen LogP contribution is -2.54. The molecular formula is C26H25N5O6. The Morgan fingerprint density at radius 1 is 1.14 bits per heavy atom. The lowest BCUT2D eigenvalue weighted by molar-refractivity contribution is -0.122. The SMILES string of the molecule is COc1ccc2c(c1)C(=O)N(C[C@@]1(C#Cc3ccc(C(N=O)N4CCOCC4)cc3)NC(=O)NC1=O)C2. The summed E-state index contributed by atoms with van der Waals surface area (Å²) in [5.41, 5.74) is 0.969. The number of nitrogens with zero attached hydrogens (tertiary/aromatic N) is 3. The molecule has 0 spiro atoms. The van der Waals surface area contributed by atoms with Crippen molar-refractivity contribution in [3.8, 4) is 17.6 Å². The second kappa shape index (κ2) is 10.0. The zero-order valence-corrected chi connectivity index (χ0v) is 20.2. The van der Waals surface area contributed by atoms with Crippen LogP contribution in [0.25, 0.3) is 0 Å². The highest BCUT2D eigenvalue weighted by Gasteiger charge is 2.48. The number of morpholine rings is 1. The van der Waals surface area contributed by atoms with Gasteiger partial charge in [-0.25, -0.2) is 4.79 Å². The third kappa shape index (κ3) is 4.76. The van der Waals surface area contributed by atoms with Crippen LogP contribution in [0.2, 0.25) is 0 Å². The van der Waals surface area contributed by atoms with Gasteiger partial charge < -0.3 is 19.7 Å². The summed E-state index contributed by atoms with van der Waals surface area (Å²) in [5.74, 6) is 5.49. The summed E-state index contributed by atoms with van der Waals surface area (Å²) in [5, 5.41) is 8.11. The predicted octanol–water partition coefficient (Wildman–Crippen LogP) is 1.38. The van der Waals surface area contributed by atoms with Crippen LogP contribution in [-0.4, -0.2) is 73.1 Å². The number of benzene rings is 2. The highest BCUT2D eigenvalue weighted by molar-refractivity contribution is 6.10. The molecule has 0 bridgehead atoms. The number of methoxy groups -OCH3 is 1. The van der Waals surface area contributed by atoms with E-state index >= 15 is 0 Å². The molecular weight excluding hydrogens is 478 g/mol. The zero-order chi connectivity index (χ0) is 26.0. The number of nitroso groups, excluding NO2 is 1. The van der Waals surface area contributed by atoms with E-state index in [2.05, 4.69) is 27.7 Å². The van der Waals surface area contributed by atoms with Gasteiger partial charge in [-0.3, -0.25) is 19.8 Å². The molecule has 2 saturated heterocycles. The van der Waals surface area contributed by atoms with E-state index in [0.29, 0.717) is 43.2 Å². The van der Waals surface area contributed by atoms with Gasteiger partial charge in [0, 0.05) is 30.8 Å². The molecule has 2 aromatic rings. The Hall–Kier alpha value is -4.27. The van der Waals surface area contributed by atoms with Crippen molar-refractivity contribution in [2.75, 3.05) is 40.0 Å². The first-order valence-corrected chi connectivity index (χ1v) is 11.8. The van der Waals surface area contributed by atoms with Crippen molar-refractivity contribution in [2.45, 2.75) is 18.2 Å². The standard InChI is InChI=1S/C26H25N5O6/c1-36-20-7-6-19-15-31(23(32)21(19)14-20)16-26(24(33)27-25(34)28-26)9-8-17-2-4-18(5-3-17)22(29-35)30-10-12-37-13-11-30/h2-7,14,22H,10-13,15-16H2,1H3,(H2,27,28,33,34)/t22?,26-/m1/s1. The second-order valence-corrected chi connectivity index (χ2v) is 9.00. The Morgan fingerprint density at radius 3 is 2.54 bits per heavy atom. The van der Waals surface area contributed by atoms with E-state index in [1.165, 1.54) is 12.0 Å². The Balaban J connectivity index is 1.37. The van der Waals surface area contributed by atoms with Crippen LogP contribution in [0.5, 0.6) is 5.75 Å². The zero-order valence-electron chi connectivity index (χ0n) is 20.2. The van der Waals surface area contributed by atoms with Crippen LogP contribution in [0.15, 0.2) is 47.6 Å². The molecule has 2 aromatic carbocycles. The lowest BCUT2D eigenvalue weighted by Gasteiger charge is -2.30. The molecule has 0 radical (unpaired) electrons. The third-order valence-electron chi connectivity index (χ3n) is 6.69. The van der Waals surface area contributed by atoms with Gasteiger partial charge in [-0.15, -0.1) is 4.91 Å². The van der Waals surface area contributed by atoms with Crippen molar-refractivity contribution < 1.29 is 23.9 Å². The molecule has 3 heterocycles. The summed E-state index contributed by atoms with van der Waals surface area (Å²) < 4.78 is 10.6. The third-order valence-corrected chi connectivity index (χ3v) is 6.69. The van der Waals surface area contributed by atoms with Crippen LogP contribution in [0, 0.1) is 16.7 Å². The van der Waals surface area contributed by atoms with Crippen LogP contribution < -0.4 is 15.4 Å². The van der Waals surface area contributed by atoms with Crippen LogP contribution in [0.4, 0.5) is 4.79 Å². The molecule has 2 N–H and O–H groups in total. The Labute approximate surface area is 213 Å². The van der Waals surface area contributed by atoms with E-state index in [1.54, 1.807) is 42.5 Å². The van der Waals surface area contributed by atoms with Gasteiger partial charge in [0.15, 0.2) is 6.17 Å². The summed E-state index contributed by atoms with van der Waals surface area (Å²) in [7, 11) is 1.52. The monoisotopic (exact) mass is 503 g/mol. The molecule has 3 aliphatic heterocycles. The van der Waals surface area contributed by atoms with Crippen molar-refractivity contribution in [1.82, 2.24) is 20.4 Å². The number of nitrogens with one attached hydrogen (secondary N) is 2. The van der Waals surface area contributed by atoms with Crippen LogP contribution in [-0.2, 0) is 16.1 Å². The Bertz CT molecular complexity index is 1310. The first kappa shape index (κ1) is 24.4. The topological polar surface area (TPSA) is 130 Å². The van der Waals surface area contributed by atoms with E-state index in [9.17, 15) is 19.3 Å². The van der Waals surface area contributed by atoms with E-state index in [0.717, 1.165) is 11.1 Å². The molecule has 0 saturated carbocycles. The minimum absolute atomic E-state index is 0.125. The summed E-state index contributed by atoms with van der Waals surface area (Å²) in [6.45, 7) is 2.47. The quantitative estimate of drug-likeness (QED) is 0.346. The number of amides is 4. The fourth-order valence-electron chi connectivity index (χ4n) is 4.69. The smallest absolute Gasteiger partial charge is 0.323 e. The average molecular weight is 504 g/mol. The van der Waals surface area contributed by atoms with Crippen LogP contribution in [0.3, 0.4) is 0 Å². The van der Waals surface area contributed by atoms with Gasteiger partial charge in [-0.1, -0.05) is 30.0 Å².